The molecule has 1 saturated heterocycles. The third kappa shape index (κ3) is 2.68. The summed E-state index contributed by atoms with van der Waals surface area (Å²) in [6.45, 7) is 4.67. The SMILES string of the molecule is CCn1cc(CC(=O)N2CCC(CO)C2)c2ccccc21. The standard InChI is InChI=1S/C17H22N2O2/c1-2-18-11-14(15-5-3-4-6-16(15)18)9-17(21)19-8-7-13(10-19)12-20/h3-6,11,13,20H,2,7-10,12H2,1H3. The quantitative estimate of drug-likeness (QED) is 0.935. The lowest BCUT2D eigenvalue weighted by molar-refractivity contribution is -0.129. The van der Waals surface area contributed by atoms with E-state index in [9.17, 15) is 9.90 Å². The van der Waals surface area contributed by atoms with Gasteiger partial charge in [-0.05, 0) is 25.0 Å². The summed E-state index contributed by atoms with van der Waals surface area (Å²) in [4.78, 5) is 14.3. The Labute approximate surface area is 125 Å². The Hall–Kier alpha value is -1.81. The van der Waals surface area contributed by atoms with E-state index >= 15 is 0 Å². The van der Waals surface area contributed by atoms with Gasteiger partial charge in [0.2, 0.25) is 5.91 Å². The number of nitrogens with zero attached hydrogens (tertiary/aromatic N) is 2. The van der Waals surface area contributed by atoms with Gasteiger partial charge in [-0.3, -0.25) is 4.79 Å². The Bertz CT molecular complexity index is 647. The maximum Gasteiger partial charge on any atom is 0.227 e. The summed E-state index contributed by atoms with van der Waals surface area (Å²) in [6.07, 6.45) is 3.47. The Kier molecular flexibility index (Phi) is 3.97. The first kappa shape index (κ1) is 14.1. The molecule has 1 aromatic carbocycles. The van der Waals surface area contributed by atoms with Gasteiger partial charge in [0.1, 0.15) is 0 Å². The first-order valence-electron chi connectivity index (χ1n) is 7.68. The van der Waals surface area contributed by atoms with E-state index in [-0.39, 0.29) is 18.4 Å². The highest BCUT2D eigenvalue weighted by Gasteiger charge is 2.26. The summed E-state index contributed by atoms with van der Waals surface area (Å²) in [6, 6.07) is 8.25. The molecule has 4 nitrogen and oxygen atoms in total. The van der Waals surface area contributed by atoms with Gasteiger partial charge in [0.25, 0.3) is 0 Å². The summed E-state index contributed by atoms with van der Waals surface area (Å²) in [5.74, 6) is 0.427. The van der Waals surface area contributed by atoms with Gasteiger partial charge in [0.05, 0.1) is 6.42 Å². The van der Waals surface area contributed by atoms with Crippen LogP contribution in [0.3, 0.4) is 0 Å². The van der Waals surface area contributed by atoms with Gasteiger partial charge >= 0.3 is 0 Å². The highest BCUT2D eigenvalue weighted by molar-refractivity contribution is 5.89. The van der Waals surface area contributed by atoms with Gasteiger partial charge in [-0.2, -0.15) is 0 Å². The Balaban J connectivity index is 1.80. The first-order valence-corrected chi connectivity index (χ1v) is 7.68. The van der Waals surface area contributed by atoms with Gasteiger partial charge in [-0.25, -0.2) is 0 Å². The highest BCUT2D eigenvalue weighted by Crippen LogP contribution is 2.23. The van der Waals surface area contributed by atoms with E-state index in [1.165, 1.54) is 10.9 Å². The second kappa shape index (κ2) is 5.90. The van der Waals surface area contributed by atoms with Gasteiger partial charge in [0.15, 0.2) is 0 Å². The molecule has 0 bridgehead atoms. The van der Waals surface area contributed by atoms with Crippen molar-refractivity contribution in [2.75, 3.05) is 19.7 Å². The van der Waals surface area contributed by atoms with Gasteiger partial charge < -0.3 is 14.6 Å². The fourth-order valence-electron chi connectivity index (χ4n) is 3.21. The molecule has 1 amide bonds. The fraction of sp³-hybridized carbons (Fsp3) is 0.471. The van der Waals surface area contributed by atoms with Crippen molar-refractivity contribution < 1.29 is 9.90 Å². The third-order valence-electron chi connectivity index (χ3n) is 4.45. The van der Waals surface area contributed by atoms with Crippen molar-refractivity contribution in [3.8, 4) is 0 Å². The molecule has 1 aromatic heterocycles. The highest BCUT2D eigenvalue weighted by atomic mass is 16.3. The Morgan fingerprint density at radius 1 is 1.38 bits per heavy atom. The van der Waals surface area contributed by atoms with Gasteiger partial charge in [0, 0.05) is 49.3 Å². The summed E-state index contributed by atoms with van der Waals surface area (Å²) >= 11 is 0. The number of fused-ring (bicyclic) bond motifs is 1. The van der Waals surface area contributed by atoms with E-state index < -0.39 is 0 Å². The van der Waals surface area contributed by atoms with E-state index in [2.05, 4.69) is 29.8 Å². The van der Waals surface area contributed by atoms with Crippen molar-refractivity contribution in [1.29, 1.82) is 0 Å². The predicted molar refractivity (Wildman–Crippen MR) is 83.1 cm³/mol. The van der Waals surface area contributed by atoms with Crippen LogP contribution in [-0.4, -0.2) is 40.2 Å². The lowest BCUT2D eigenvalue weighted by Gasteiger charge is -2.15. The average Bonchev–Trinajstić information content (AvgIpc) is 3.12. The number of carbonyl (C=O) groups excluding carboxylic acids is 1. The third-order valence-corrected chi connectivity index (χ3v) is 4.45. The number of aliphatic hydroxyl groups excluding tert-OH is 1. The number of para-hydroxylation sites is 1. The molecular weight excluding hydrogens is 264 g/mol. The molecule has 1 atom stereocenters. The maximum absolute atomic E-state index is 12.5. The number of aromatic nitrogens is 1. The molecule has 1 N–H and O–H groups in total. The van der Waals surface area contributed by atoms with Crippen LogP contribution < -0.4 is 0 Å². The molecule has 0 saturated carbocycles. The fourth-order valence-corrected chi connectivity index (χ4v) is 3.21. The number of likely N-dealkylation sites (tertiary alicyclic amines) is 1. The molecule has 1 aliphatic rings. The van der Waals surface area contributed by atoms with Crippen LogP contribution in [0.5, 0.6) is 0 Å². The predicted octanol–water partition coefficient (Wildman–Crippen LogP) is 2.04. The van der Waals surface area contributed by atoms with Crippen LogP contribution in [-0.2, 0) is 17.8 Å². The van der Waals surface area contributed by atoms with Crippen LogP contribution in [0.15, 0.2) is 30.5 Å². The van der Waals surface area contributed by atoms with Crippen molar-refractivity contribution in [2.24, 2.45) is 5.92 Å². The van der Waals surface area contributed by atoms with Crippen LogP contribution in [0.4, 0.5) is 0 Å². The zero-order chi connectivity index (χ0) is 14.8. The number of hydrogen-bond donors (Lipinski definition) is 1. The molecule has 2 heterocycles. The molecule has 3 rings (SSSR count). The van der Waals surface area contributed by atoms with Crippen LogP contribution in [0.2, 0.25) is 0 Å². The van der Waals surface area contributed by atoms with Crippen LogP contribution >= 0.6 is 0 Å². The van der Waals surface area contributed by atoms with Gasteiger partial charge in [-0.1, -0.05) is 18.2 Å². The number of hydrogen-bond acceptors (Lipinski definition) is 2. The topological polar surface area (TPSA) is 45.5 Å². The van der Waals surface area contributed by atoms with Crippen LogP contribution in [0.1, 0.15) is 18.9 Å². The second-order valence-electron chi connectivity index (χ2n) is 5.81. The summed E-state index contributed by atoms with van der Waals surface area (Å²) in [7, 11) is 0. The van der Waals surface area contributed by atoms with Crippen LogP contribution in [0.25, 0.3) is 10.9 Å². The monoisotopic (exact) mass is 286 g/mol. The molecular formula is C17H22N2O2. The minimum atomic E-state index is 0.171. The Morgan fingerprint density at radius 3 is 2.90 bits per heavy atom. The minimum absolute atomic E-state index is 0.171. The molecule has 112 valence electrons. The van der Waals surface area contributed by atoms with Crippen LogP contribution in [0, 0.1) is 5.92 Å². The molecule has 1 unspecified atom stereocenters. The number of rotatable bonds is 4. The van der Waals surface area contributed by atoms with E-state index in [0.717, 1.165) is 25.1 Å². The number of benzene rings is 1. The van der Waals surface area contributed by atoms with Gasteiger partial charge in [-0.15, -0.1) is 0 Å². The molecule has 0 radical (unpaired) electrons. The minimum Gasteiger partial charge on any atom is -0.396 e. The van der Waals surface area contributed by atoms with Crippen molar-refractivity contribution in [3.63, 3.8) is 0 Å². The van der Waals surface area contributed by atoms with Crippen molar-refractivity contribution in [3.05, 3.63) is 36.0 Å². The Morgan fingerprint density at radius 2 is 2.19 bits per heavy atom. The smallest absolute Gasteiger partial charge is 0.227 e. The average molecular weight is 286 g/mol. The largest absolute Gasteiger partial charge is 0.396 e. The number of aryl methyl sites for hydroxylation is 1. The lowest BCUT2D eigenvalue weighted by atomic mass is 10.1. The van der Waals surface area contributed by atoms with Crippen molar-refractivity contribution in [2.45, 2.75) is 26.3 Å². The lowest BCUT2D eigenvalue weighted by Crippen LogP contribution is -2.30. The van der Waals surface area contributed by atoms with Crippen molar-refractivity contribution in [1.82, 2.24) is 9.47 Å². The molecule has 0 aliphatic carbocycles. The summed E-state index contributed by atoms with van der Waals surface area (Å²) in [5, 5.41) is 10.4. The molecule has 1 fully saturated rings. The van der Waals surface area contributed by atoms with E-state index in [1.807, 2.05) is 17.0 Å². The van der Waals surface area contributed by atoms with E-state index in [4.69, 9.17) is 0 Å². The number of aliphatic hydroxyl groups is 1. The summed E-state index contributed by atoms with van der Waals surface area (Å²) < 4.78 is 2.19. The molecule has 21 heavy (non-hydrogen) atoms. The molecule has 2 aromatic rings. The molecule has 4 heteroatoms. The normalized spacial score (nSPS) is 18.6. The van der Waals surface area contributed by atoms with E-state index in [1.54, 1.807) is 0 Å². The maximum atomic E-state index is 12.5. The zero-order valence-corrected chi connectivity index (χ0v) is 12.5. The first-order chi connectivity index (χ1) is 10.2. The molecule has 1 aliphatic heterocycles. The number of carbonyl (C=O) groups is 1. The van der Waals surface area contributed by atoms with Crippen molar-refractivity contribution >= 4 is 16.8 Å². The molecule has 0 spiro atoms. The number of amides is 1. The second-order valence-corrected chi connectivity index (χ2v) is 5.81. The zero-order valence-electron chi connectivity index (χ0n) is 12.5. The summed E-state index contributed by atoms with van der Waals surface area (Å²) in [5.41, 5.74) is 2.29. The van der Waals surface area contributed by atoms with E-state index in [0.29, 0.717) is 13.0 Å².